The van der Waals surface area contributed by atoms with Gasteiger partial charge in [0.1, 0.15) is 0 Å². The first kappa shape index (κ1) is 19.0. The monoisotopic (exact) mass is 311 g/mol. The van der Waals surface area contributed by atoms with E-state index in [1.165, 1.54) is 0 Å². The highest BCUT2D eigenvalue weighted by molar-refractivity contribution is 5.85. The van der Waals surface area contributed by atoms with Crippen LogP contribution in [0.5, 0.6) is 0 Å². The minimum Gasteiger partial charge on any atom is -0.353 e. The van der Waals surface area contributed by atoms with E-state index in [9.17, 15) is 4.79 Å². The van der Waals surface area contributed by atoms with Gasteiger partial charge in [0.2, 0.25) is 5.91 Å². The van der Waals surface area contributed by atoms with E-state index in [4.69, 9.17) is 0 Å². The first-order chi connectivity index (χ1) is 8.29. The summed E-state index contributed by atoms with van der Waals surface area (Å²) in [5.74, 6) is 0.543. The first-order valence-electron chi connectivity index (χ1n) is 7.03. The lowest BCUT2D eigenvalue weighted by atomic mass is 9.96. The maximum atomic E-state index is 12.1. The molecule has 0 unspecified atom stereocenters. The molecule has 2 aliphatic rings. The van der Waals surface area contributed by atoms with E-state index in [-0.39, 0.29) is 30.7 Å². The van der Waals surface area contributed by atoms with E-state index in [1.807, 2.05) is 0 Å². The lowest BCUT2D eigenvalue weighted by Crippen LogP contribution is -2.47. The molecule has 0 saturated carbocycles. The van der Waals surface area contributed by atoms with Crippen molar-refractivity contribution in [2.24, 2.45) is 5.92 Å². The van der Waals surface area contributed by atoms with Gasteiger partial charge in [0.25, 0.3) is 0 Å². The molecule has 2 fully saturated rings. The van der Waals surface area contributed by atoms with E-state index < -0.39 is 0 Å². The minimum absolute atomic E-state index is 0. The Morgan fingerprint density at radius 1 is 1.16 bits per heavy atom. The highest BCUT2D eigenvalue weighted by atomic mass is 35.5. The van der Waals surface area contributed by atoms with Gasteiger partial charge >= 0.3 is 0 Å². The molecule has 0 radical (unpaired) electrons. The molecule has 0 atom stereocenters. The fourth-order valence-corrected chi connectivity index (χ4v) is 2.80. The number of hydrogen-bond acceptors (Lipinski definition) is 3. The Hall–Kier alpha value is -0.0300. The summed E-state index contributed by atoms with van der Waals surface area (Å²) in [6, 6.07) is 0.417. The van der Waals surface area contributed by atoms with Crippen molar-refractivity contribution in [3.63, 3.8) is 0 Å². The molecule has 2 N–H and O–H groups in total. The second-order valence-corrected chi connectivity index (χ2v) is 5.24. The predicted octanol–water partition coefficient (Wildman–Crippen LogP) is 1.43. The van der Waals surface area contributed by atoms with Crippen LogP contribution in [-0.4, -0.2) is 49.6 Å². The Bertz CT molecular complexity index is 252. The standard InChI is InChI=1S/C13H25N3O.2ClH/c1-2-16-9-5-12(6-10-16)15-13(17)11-3-7-14-8-4-11;;/h11-12,14H,2-10H2,1H3,(H,15,17);2*1H. The zero-order valence-corrected chi connectivity index (χ0v) is 13.3. The van der Waals surface area contributed by atoms with E-state index in [0.717, 1.165) is 58.4 Å². The average Bonchev–Trinajstić information content (AvgIpc) is 2.40. The topological polar surface area (TPSA) is 44.4 Å². The zero-order chi connectivity index (χ0) is 12.1. The minimum atomic E-state index is 0. The number of likely N-dealkylation sites (tertiary alicyclic amines) is 1. The number of carbonyl (C=O) groups is 1. The second-order valence-electron chi connectivity index (χ2n) is 5.24. The molecule has 0 aromatic heterocycles. The van der Waals surface area contributed by atoms with Crippen LogP contribution in [0.3, 0.4) is 0 Å². The van der Waals surface area contributed by atoms with Crippen molar-refractivity contribution in [1.82, 2.24) is 15.5 Å². The van der Waals surface area contributed by atoms with Crippen molar-refractivity contribution in [3.8, 4) is 0 Å². The van der Waals surface area contributed by atoms with Crippen LogP contribution < -0.4 is 10.6 Å². The molecule has 0 aliphatic carbocycles. The number of nitrogens with zero attached hydrogens (tertiary/aromatic N) is 1. The predicted molar refractivity (Wildman–Crippen MR) is 83.4 cm³/mol. The molecule has 2 heterocycles. The number of carbonyl (C=O) groups excluding carboxylic acids is 1. The van der Waals surface area contributed by atoms with Gasteiger partial charge in [-0.1, -0.05) is 6.92 Å². The summed E-state index contributed by atoms with van der Waals surface area (Å²) in [6.45, 7) is 7.59. The van der Waals surface area contributed by atoms with E-state index in [0.29, 0.717) is 11.9 Å². The van der Waals surface area contributed by atoms with Crippen LogP contribution in [0.1, 0.15) is 32.6 Å². The third-order valence-electron chi connectivity index (χ3n) is 4.09. The quantitative estimate of drug-likeness (QED) is 0.829. The summed E-state index contributed by atoms with van der Waals surface area (Å²) < 4.78 is 0. The molecule has 0 aromatic carbocycles. The van der Waals surface area contributed by atoms with Crippen LogP contribution in [0.2, 0.25) is 0 Å². The second kappa shape index (κ2) is 9.81. The van der Waals surface area contributed by atoms with E-state index >= 15 is 0 Å². The van der Waals surface area contributed by atoms with Gasteiger partial charge in [-0.2, -0.15) is 0 Å². The van der Waals surface area contributed by atoms with Gasteiger partial charge in [0.05, 0.1) is 0 Å². The van der Waals surface area contributed by atoms with E-state index in [1.54, 1.807) is 0 Å². The molecule has 2 aliphatic heterocycles. The van der Waals surface area contributed by atoms with Crippen molar-refractivity contribution in [3.05, 3.63) is 0 Å². The summed E-state index contributed by atoms with van der Waals surface area (Å²) in [7, 11) is 0. The molecule has 0 aromatic rings. The van der Waals surface area contributed by atoms with E-state index in [2.05, 4.69) is 22.5 Å². The van der Waals surface area contributed by atoms with Crippen LogP contribution >= 0.6 is 24.8 Å². The van der Waals surface area contributed by atoms with Crippen molar-refractivity contribution in [2.45, 2.75) is 38.6 Å². The maximum absolute atomic E-state index is 12.1. The molecular weight excluding hydrogens is 285 g/mol. The Kier molecular flexibility index (Phi) is 9.79. The number of rotatable bonds is 3. The highest BCUT2D eigenvalue weighted by Gasteiger charge is 2.25. The molecule has 19 heavy (non-hydrogen) atoms. The van der Waals surface area contributed by atoms with Crippen LogP contribution in [0.25, 0.3) is 0 Å². The summed E-state index contributed by atoms with van der Waals surface area (Å²) in [5, 5.41) is 6.54. The van der Waals surface area contributed by atoms with Crippen molar-refractivity contribution < 1.29 is 4.79 Å². The van der Waals surface area contributed by atoms with Crippen LogP contribution in [0, 0.1) is 5.92 Å². The van der Waals surface area contributed by atoms with Crippen molar-refractivity contribution in [2.75, 3.05) is 32.7 Å². The highest BCUT2D eigenvalue weighted by Crippen LogP contribution is 2.14. The lowest BCUT2D eigenvalue weighted by molar-refractivity contribution is -0.126. The van der Waals surface area contributed by atoms with Gasteiger partial charge in [-0.15, -0.1) is 24.8 Å². The summed E-state index contributed by atoms with van der Waals surface area (Å²) in [4.78, 5) is 14.5. The molecule has 2 rings (SSSR count). The largest absolute Gasteiger partial charge is 0.353 e. The molecule has 1 amide bonds. The molecular formula is C13H27Cl2N3O. The smallest absolute Gasteiger partial charge is 0.223 e. The van der Waals surface area contributed by atoms with Crippen LogP contribution in [-0.2, 0) is 4.79 Å². The molecule has 2 saturated heterocycles. The maximum Gasteiger partial charge on any atom is 0.223 e. The molecule has 4 nitrogen and oxygen atoms in total. The molecule has 6 heteroatoms. The summed E-state index contributed by atoms with van der Waals surface area (Å²) in [6.07, 6.45) is 4.23. The Labute approximate surface area is 128 Å². The third-order valence-corrected chi connectivity index (χ3v) is 4.09. The van der Waals surface area contributed by atoms with Crippen LogP contribution in [0.15, 0.2) is 0 Å². The van der Waals surface area contributed by atoms with Crippen LogP contribution in [0.4, 0.5) is 0 Å². The van der Waals surface area contributed by atoms with Gasteiger partial charge in [-0.3, -0.25) is 4.79 Å². The molecule has 0 spiro atoms. The Morgan fingerprint density at radius 3 is 2.26 bits per heavy atom. The van der Waals surface area contributed by atoms with Crippen molar-refractivity contribution >= 4 is 30.7 Å². The lowest BCUT2D eigenvalue weighted by Gasteiger charge is -2.32. The fraction of sp³-hybridized carbons (Fsp3) is 0.923. The number of amides is 1. The van der Waals surface area contributed by atoms with Gasteiger partial charge in [0.15, 0.2) is 0 Å². The SMILES string of the molecule is CCN1CCC(NC(=O)C2CCNCC2)CC1.Cl.Cl. The van der Waals surface area contributed by atoms with Gasteiger partial charge < -0.3 is 15.5 Å². The van der Waals surface area contributed by atoms with Gasteiger partial charge in [0, 0.05) is 25.0 Å². The summed E-state index contributed by atoms with van der Waals surface area (Å²) >= 11 is 0. The fourth-order valence-electron chi connectivity index (χ4n) is 2.80. The molecule has 0 bridgehead atoms. The zero-order valence-electron chi connectivity index (χ0n) is 11.7. The number of piperidine rings is 2. The number of halogens is 2. The Balaban J connectivity index is 0.00000162. The normalized spacial score (nSPS) is 22.2. The number of hydrogen-bond donors (Lipinski definition) is 2. The van der Waals surface area contributed by atoms with Crippen molar-refractivity contribution in [1.29, 1.82) is 0 Å². The third kappa shape index (κ3) is 5.86. The van der Waals surface area contributed by atoms with Gasteiger partial charge in [-0.05, 0) is 45.3 Å². The molecule has 114 valence electrons. The number of nitrogens with one attached hydrogen (secondary N) is 2. The average molecular weight is 312 g/mol. The summed E-state index contributed by atoms with van der Waals surface area (Å²) in [5.41, 5.74) is 0. The first-order valence-corrected chi connectivity index (χ1v) is 7.03. The van der Waals surface area contributed by atoms with Gasteiger partial charge in [-0.25, -0.2) is 0 Å². The Morgan fingerprint density at radius 2 is 1.74 bits per heavy atom.